The fraction of sp³-hybridized carbons (Fsp3) is 0.500. The first-order chi connectivity index (χ1) is 8.72. The van der Waals surface area contributed by atoms with Crippen LogP contribution in [0.2, 0.25) is 0 Å². The van der Waals surface area contributed by atoms with Crippen LogP contribution in [0.3, 0.4) is 0 Å². The quantitative estimate of drug-likeness (QED) is 0.861. The molecule has 1 aromatic carbocycles. The van der Waals surface area contributed by atoms with Crippen LogP contribution < -0.4 is 10.1 Å². The highest BCUT2D eigenvalue weighted by Crippen LogP contribution is 2.29. The van der Waals surface area contributed by atoms with E-state index in [1.807, 2.05) is 0 Å². The topological polar surface area (TPSA) is 58.6 Å². The van der Waals surface area contributed by atoms with Crippen molar-refractivity contribution >= 4 is 5.91 Å². The molecule has 2 rings (SSSR count). The van der Waals surface area contributed by atoms with Gasteiger partial charge in [-0.25, -0.2) is 0 Å². The molecule has 1 amide bonds. The van der Waals surface area contributed by atoms with Crippen LogP contribution in [0.25, 0.3) is 0 Å². The van der Waals surface area contributed by atoms with Gasteiger partial charge in [-0.3, -0.25) is 4.79 Å². The van der Waals surface area contributed by atoms with Crippen LogP contribution in [-0.2, 0) is 0 Å². The summed E-state index contributed by atoms with van der Waals surface area (Å²) in [6.07, 6.45) is 4.88. The summed E-state index contributed by atoms with van der Waals surface area (Å²) >= 11 is 0. The van der Waals surface area contributed by atoms with Crippen LogP contribution in [0.15, 0.2) is 18.2 Å². The molecule has 2 N–H and O–H groups in total. The zero-order chi connectivity index (χ0) is 13.0. The largest absolute Gasteiger partial charge is 0.504 e. The van der Waals surface area contributed by atoms with E-state index in [4.69, 9.17) is 4.74 Å². The SMILES string of the molecule is COc1cccc(C(=O)NCC2CCCC2)c1O. The number of phenolic OH excluding ortho intramolecular Hbond substituents is 1. The lowest BCUT2D eigenvalue weighted by Gasteiger charge is -2.12. The molecule has 1 aliphatic carbocycles. The highest BCUT2D eigenvalue weighted by molar-refractivity contribution is 5.97. The van der Waals surface area contributed by atoms with Gasteiger partial charge in [-0.15, -0.1) is 0 Å². The van der Waals surface area contributed by atoms with E-state index in [9.17, 15) is 9.90 Å². The second-order valence-corrected chi connectivity index (χ2v) is 4.72. The van der Waals surface area contributed by atoms with E-state index in [2.05, 4.69) is 5.32 Å². The van der Waals surface area contributed by atoms with Crippen LogP contribution in [-0.4, -0.2) is 24.7 Å². The third-order valence-corrected chi connectivity index (χ3v) is 3.49. The van der Waals surface area contributed by atoms with Crippen molar-refractivity contribution in [3.8, 4) is 11.5 Å². The van der Waals surface area contributed by atoms with Gasteiger partial charge in [0.25, 0.3) is 5.91 Å². The van der Waals surface area contributed by atoms with Crippen molar-refractivity contribution in [2.45, 2.75) is 25.7 Å². The third kappa shape index (κ3) is 2.75. The Kier molecular flexibility index (Phi) is 4.07. The molecule has 98 valence electrons. The minimum atomic E-state index is -0.238. The molecule has 0 aliphatic heterocycles. The molecule has 0 heterocycles. The summed E-state index contributed by atoms with van der Waals surface area (Å²) in [7, 11) is 1.47. The second-order valence-electron chi connectivity index (χ2n) is 4.72. The zero-order valence-corrected chi connectivity index (χ0v) is 10.6. The van der Waals surface area contributed by atoms with Gasteiger partial charge < -0.3 is 15.2 Å². The maximum absolute atomic E-state index is 12.0. The smallest absolute Gasteiger partial charge is 0.255 e. The molecule has 0 saturated heterocycles. The molecule has 0 aromatic heterocycles. The summed E-state index contributed by atoms with van der Waals surface area (Å²) in [5.41, 5.74) is 0.271. The molecule has 1 saturated carbocycles. The van der Waals surface area contributed by atoms with Crippen molar-refractivity contribution < 1.29 is 14.6 Å². The minimum absolute atomic E-state index is 0.0936. The molecule has 18 heavy (non-hydrogen) atoms. The Labute approximate surface area is 107 Å². The van der Waals surface area contributed by atoms with E-state index in [0.717, 1.165) is 0 Å². The molecule has 1 aliphatic rings. The van der Waals surface area contributed by atoms with Gasteiger partial charge in [0.15, 0.2) is 11.5 Å². The molecule has 0 atom stereocenters. The van der Waals surface area contributed by atoms with Crippen LogP contribution >= 0.6 is 0 Å². The fourth-order valence-electron chi connectivity index (χ4n) is 2.42. The number of ether oxygens (including phenoxy) is 1. The van der Waals surface area contributed by atoms with E-state index in [1.54, 1.807) is 18.2 Å². The second kappa shape index (κ2) is 5.76. The summed E-state index contributed by atoms with van der Waals surface area (Å²) in [4.78, 5) is 12.0. The molecule has 4 heteroatoms. The van der Waals surface area contributed by atoms with Crippen LogP contribution in [0.5, 0.6) is 11.5 Å². The van der Waals surface area contributed by atoms with Gasteiger partial charge in [0.05, 0.1) is 12.7 Å². The molecular weight excluding hydrogens is 230 g/mol. The summed E-state index contributed by atoms with van der Waals surface area (Å²) in [5.74, 6) is 0.576. The minimum Gasteiger partial charge on any atom is -0.504 e. The predicted molar refractivity (Wildman–Crippen MR) is 69.0 cm³/mol. The van der Waals surface area contributed by atoms with Gasteiger partial charge in [-0.1, -0.05) is 18.9 Å². The first-order valence-corrected chi connectivity index (χ1v) is 6.36. The van der Waals surface area contributed by atoms with Crippen molar-refractivity contribution in [2.75, 3.05) is 13.7 Å². The molecule has 1 fully saturated rings. The number of hydrogen-bond donors (Lipinski definition) is 2. The molecule has 4 nitrogen and oxygen atoms in total. The van der Waals surface area contributed by atoms with Crippen molar-refractivity contribution in [1.29, 1.82) is 0 Å². The van der Waals surface area contributed by atoms with Gasteiger partial charge in [-0.05, 0) is 30.9 Å². The summed E-state index contributed by atoms with van der Waals surface area (Å²) < 4.78 is 4.98. The number of rotatable bonds is 4. The maximum Gasteiger partial charge on any atom is 0.255 e. The highest BCUT2D eigenvalue weighted by Gasteiger charge is 2.18. The van der Waals surface area contributed by atoms with Gasteiger partial charge in [0.2, 0.25) is 0 Å². The van der Waals surface area contributed by atoms with Crippen LogP contribution in [0, 0.1) is 5.92 Å². The Morgan fingerprint density at radius 2 is 2.17 bits per heavy atom. The number of amides is 1. The lowest BCUT2D eigenvalue weighted by molar-refractivity contribution is 0.0944. The average Bonchev–Trinajstić information content (AvgIpc) is 2.89. The average molecular weight is 249 g/mol. The Bertz CT molecular complexity index is 425. The number of methoxy groups -OCH3 is 1. The lowest BCUT2D eigenvalue weighted by Crippen LogP contribution is -2.28. The van der Waals surface area contributed by atoms with Gasteiger partial charge >= 0.3 is 0 Å². The van der Waals surface area contributed by atoms with E-state index in [-0.39, 0.29) is 17.2 Å². The molecule has 0 radical (unpaired) electrons. The number of phenols is 1. The van der Waals surface area contributed by atoms with Crippen molar-refractivity contribution in [1.82, 2.24) is 5.32 Å². The summed E-state index contributed by atoms with van der Waals surface area (Å²) in [6, 6.07) is 4.92. The van der Waals surface area contributed by atoms with Crippen molar-refractivity contribution in [3.63, 3.8) is 0 Å². The van der Waals surface area contributed by atoms with Crippen LogP contribution in [0.1, 0.15) is 36.0 Å². The number of benzene rings is 1. The monoisotopic (exact) mass is 249 g/mol. The number of para-hydroxylation sites is 1. The lowest BCUT2D eigenvalue weighted by atomic mass is 10.1. The number of aromatic hydroxyl groups is 1. The zero-order valence-electron chi connectivity index (χ0n) is 10.6. The van der Waals surface area contributed by atoms with Gasteiger partial charge in [0.1, 0.15) is 0 Å². The van der Waals surface area contributed by atoms with E-state index >= 15 is 0 Å². The number of nitrogens with one attached hydrogen (secondary N) is 1. The molecule has 0 spiro atoms. The Morgan fingerprint density at radius 1 is 1.44 bits per heavy atom. The normalized spacial score (nSPS) is 15.6. The number of hydrogen-bond acceptors (Lipinski definition) is 3. The molecular formula is C14H19NO3. The van der Waals surface area contributed by atoms with E-state index in [1.165, 1.54) is 32.8 Å². The Hall–Kier alpha value is -1.71. The summed E-state index contributed by atoms with van der Waals surface area (Å²) in [6.45, 7) is 0.690. The first kappa shape index (κ1) is 12.7. The number of carbonyl (C=O) groups is 1. The standard InChI is InChI=1S/C14H19NO3/c1-18-12-8-4-7-11(13(12)16)14(17)15-9-10-5-2-3-6-10/h4,7-8,10,16H,2-3,5-6,9H2,1H3,(H,15,17). The number of carbonyl (C=O) groups excluding carboxylic acids is 1. The van der Waals surface area contributed by atoms with Gasteiger partial charge in [0, 0.05) is 6.54 Å². The van der Waals surface area contributed by atoms with Crippen molar-refractivity contribution in [2.24, 2.45) is 5.92 Å². The van der Waals surface area contributed by atoms with Crippen LogP contribution in [0.4, 0.5) is 0 Å². The summed E-state index contributed by atoms with van der Waals surface area (Å²) in [5, 5.41) is 12.7. The Morgan fingerprint density at radius 3 is 2.83 bits per heavy atom. The highest BCUT2D eigenvalue weighted by atomic mass is 16.5. The first-order valence-electron chi connectivity index (χ1n) is 6.36. The van der Waals surface area contributed by atoms with E-state index < -0.39 is 0 Å². The fourth-order valence-corrected chi connectivity index (χ4v) is 2.42. The maximum atomic E-state index is 12.0. The molecule has 0 bridgehead atoms. The Balaban J connectivity index is 1.99. The van der Waals surface area contributed by atoms with Crippen molar-refractivity contribution in [3.05, 3.63) is 23.8 Å². The third-order valence-electron chi connectivity index (χ3n) is 3.49. The molecule has 0 unspecified atom stereocenters. The molecule has 1 aromatic rings. The van der Waals surface area contributed by atoms with Gasteiger partial charge in [-0.2, -0.15) is 0 Å². The van der Waals surface area contributed by atoms with E-state index in [0.29, 0.717) is 18.2 Å². The predicted octanol–water partition coefficient (Wildman–Crippen LogP) is 2.32.